The van der Waals surface area contributed by atoms with Gasteiger partial charge in [0.1, 0.15) is 10.8 Å². The molecule has 0 spiro atoms. The molecule has 0 saturated heterocycles. The molecule has 0 saturated carbocycles. The Labute approximate surface area is 100 Å². The highest BCUT2D eigenvalue weighted by molar-refractivity contribution is 6.43. The van der Waals surface area contributed by atoms with E-state index < -0.39 is 0 Å². The summed E-state index contributed by atoms with van der Waals surface area (Å²) in [6.45, 7) is 2.72. The van der Waals surface area contributed by atoms with Gasteiger partial charge in [0.05, 0.1) is 12.1 Å². The van der Waals surface area contributed by atoms with Gasteiger partial charge in [-0.2, -0.15) is 0 Å². The Bertz CT molecular complexity index is 342. The van der Waals surface area contributed by atoms with E-state index in [9.17, 15) is 0 Å². The van der Waals surface area contributed by atoms with E-state index in [1.165, 1.54) is 0 Å². The van der Waals surface area contributed by atoms with Crippen LogP contribution in [0, 0.1) is 5.92 Å². The topological polar surface area (TPSA) is 35.2 Å². The molecule has 0 fully saturated rings. The van der Waals surface area contributed by atoms with Crippen LogP contribution in [0.15, 0.2) is 12.1 Å². The third-order valence-electron chi connectivity index (χ3n) is 2.32. The van der Waals surface area contributed by atoms with Crippen LogP contribution in [-0.2, 0) is 6.42 Å². The van der Waals surface area contributed by atoms with Gasteiger partial charge in [-0.1, -0.05) is 36.2 Å². The second kappa shape index (κ2) is 5.59. The van der Waals surface area contributed by atoms with Gasteiger partial charge in [-0.15, -0.1) is 0 Å². The van der Waals surface area contributed by atoms with Crippen LogP contribution in [0.2, 0.25) is 10.0 Å². The first-order chi connectivity index (χ1) is 7.10. The van der Waals surface area contributed by atoms with E-state index in [2.05, 4.69) is 6.92 Å². The second-order valence-electron chi connectivity index (χ2n) is 3.60. The predicted octanol–water partition coefficient (Wildman–Crippen LogP) is 3.14. The average Bonchev–Trinajstić information content (AvgIpc) is 2.25. The molecule has 84 valence electrons. The monoisotopic (exact) mass is 247 g/mol. The highest BCUT2D eigenvalue weighted by atomic mass is 35.5. The molecule has 2 nitrogen and oxygen atoms in total. The van der Waals surface area contributed by atoms with Crippen molar-refractivity contribution in [1.82, 2.24) is 0 Å². The van der Waals surface area contributed by atoms with Crippen LogP contribution in [0.25, 0.3) is 0 Å². The highest BCUT2D eigenvalue weighted by Gasteiger charge is 2.12. The molecule has 0 aliphatic carbocycles. The fourth-order valence-electron chi connectivity index (χ4n) is 1.35. The minimum absolute atomic E-state index is 0.395. The van der Waals surface area contributed by atoms with E-state index in [-0.39, 0.29) is 0 Å². The lowest BCUT2D eigenvalue weighted by Gasteiger charge is -2.12. The van der Waals surface area contributed by atoms with Gasteiger partial charge in [-0.3, -0.25) is 0 Å². The lowest BCUT2D eigenvalue weighted by molar-refractivity contribution is 0.415. The van der Waals surface area contributed by atoms with Crippen LogP contribution in [0.3, 0.4) is 0 Å². The van der Waals surface area contributed by atoms with Crippen molar-refractivity contribution in [2.24, 2.45) is 11.7 Å². The molecule has 0 amide bonds. The molecule has 4 heteroatoms. The van der Waals surface area contributed by atoms with Gasteiger partial charge in [-0.25, -0.2) is 0 Å². The van der Waals surface area contributed by atoms with Gasteiger partial charge in [0.15, 0.2) is 0 Å². The van der Waals surface area contributed by atoms with Crippen molar-refractivity contribution in [3.63, 3.8) is 0 Å². The van der Waals surface area contributed by atoms with E-state index in [4.69, 9.17) is 33.7 Å². The first kappa shape index (κ1) is 12.6. The van der Waals surface area contributed by atoms with E-state index in [0.29, 0.717) is 28.3 Å². The molecule has 0 heterocycles. The van der Waals surface area contributed by atoms with Gasteiger partial charge in [0.2, 0.25) is 0 Å². The van der Waals surface area contributed by atoms with Gasteiger partial charge in [0, 0.05) is 0 Å². The number of ether oxygens (including phenoxy) is 1. The summed E-state index contributed by atoms with van der Waals surface area (Å²) in [6, 6.07) is 3.76. The van der Waals surface area contributed by atoms with Crippen LogP contribution < -0.4 is 10.5 Å². The number of halogens is 2. The summed E-state index contributed by atoms with van der Waals surface area (Å²) in [5.74, 6) is 0.998. The molecule has 1 unspecified atom stereocenters. The van der Waals surface area contributed by atoms with Crippen molar-refractivity contribution < 1.29 is 4.74 Å². The molecule has 2 N–H and O–H groups in total. The zero-order chi connectivity index (χ0) is 11.4. The first-order valence-electron chi connectivity index (χ1n) is 4.81. The minimum atomic E-state index is 0.395. The highest BCUT2D eigenvalue weighted by Crippen LogP contribution is 2.35. The third kappa shape index (κ3) is 3.00. The Hall–Kier alpha value is -0.440. The maximum Gasteiger partial charge on any atom is 0.138 e. The Balaban J connectivity index is 2.96. The zero-order valence-corrected chi connectivity index (χ0v) is 10.4. The van der Waals surface area contributed by atoms with Crippen LogP contribution >= 0.6 is 23.2 Å². The molecular weight excluding hydrogens is 233 g/mol. The van der Waals surface area contributed by atoms with E-state index >= 15 is 0 Å². The SMILES string of the molecule is COc1ccc(CC(C)CN)c(Cl)c1Cl. The van der Waals surface area contributed by atoms with Crippen molar-refractivity contribution in [1.29, 1.82) is 0 Å². The van der Waals surface area contributed by atoms with Gasteiger partial charge < -0.3 is 10.5 Å². The van der Waals surface area contributed by atoms with Gasteiger partial charge in [-0.05, 0) is 30.5 Å². The van der Waals surface area contributed by atoms with E-state index in [0.717, 1.165) is 12.0 Å². The molecule has 0 aromatic heterocycles. The van der Waals surface area contributed by atoms with Crippen LogP contribution in [0.4, 0.5) is 0 Å². The smallest absolute Gasteiger partial charge is 0.138 e. The Morgan fingerprint density at radius 2 is 2.00 bits per heavy atom. The molecule has 1 aromatic rings. The summed E-state index contributed by atoms with van der Waals surface area (Å²) in [4.78, 5) is 0. The maximum atomic E-state index is 6.13. The molecule has 1 rings (SSSR count). The summed E-state index contributed by atoms with van der Waals surface area (Å²) >= 11 is 12.2. The number of hydrogen-bond donors (Lipinski definition) is 1. The number of rotatable bonds is 4. The Kier molecular flexibility index (Phi) is 4.71. The molecule has 0 aliphatic rings. The summed E-state index contributed by atoms with van der Waals surface area (Å²) in [6.07, 6.45) is 0.832. The van der Waals surface area contributed by atoms with Crippen LogP contribution in [-0.4, -0.2) is 13.7 Å². The maximum absolute atomic E-state index is 6.13. The van der Waals surface area contributed by atoms with Crippen molar-refractivity contribution >= 4 is 23.2 Å². The van der Waals surface area contributed by atoms with Crippen LogP contribution in [0.5, 0.6) is 5.75 Å². The quantitative estimate of drug-likeness (QED) is 0.888. The van der Waals surface area contributed by atoms with E-state index in [1.54, 1.807) is 7.11 Å². The van der Waals surface area contributed by atoms with Crippen molar-refractivity contribution in [3.8, 4) is 5.75 Å². The second-order valence-corrected chi connectivity index (χ2v) is 4.36. The summed E-state index contributed by atoms with van der Waals surface area (Å²) in [5, 5.41) is 1.04. The third-order valence-corrected chi connectivity index (χ3v) is 3.22. The molecule has 15 heavy (non-hydrogen) atoms. The lowest BCUT2D eigenvalue weighted by Crippen LogP contribution is -2.13. The van der Waals surface area contributed by atoms with Gasteiger partial charge in [0.25, 0.3) is 0 Å². The molecule has 0 aliphatic heterocycles. The molecular formula is C11H15Cl2NO. The lowest BCUT2D eigenvalue weighted by atomic mass is 10.0. The van der Waals surface area contributed by atoms with Crippen molar-refractivity contribution in [2.45, 2.75) is 13.3 Å². The summed E-state index contributed by atoms with van der Waals surface area (Å²) < 4.78 is 5.07. The fourth-order valence-corrected chi connectivity index (χ4v) is 1.84. The number of benzene rings is 1. The first-order valence-corrected chi connectivity index (χ1v) is 5.56. The zero-order valence-electron chi connectivity index (χ0n) is 8.89. The van der Waals surface area contributed by atoms with E-state index in [1.807, 2.05) is 12.1 Å². The fraction of sp³-hybridized carbons (Fsp3) is 0.455. The number of nitrogens with two attached hydrogens (primary N) is 1. The van der Waals surface area contributed by atoms with Crippen molar-refractivity contribution in [2.75, 3.05) is 13.7 Å². The largest absolute Gasteiger partial charge is 0.495 e. The molecule has 0 bridgehead atoms. The molecule has 1 atom stereocenters. The van der Waals surface area contributed by atoms with Crippen molar-refractivity contribution in [3.05, 3.63) is 27.7 Å². The number of methoxy groups -OCH3 is 1. The van der Waals surface area contributed by atoms with Gasteiger partial charge >= 0.3 is 0 Å². The summed E-state index contributed by atoms with van der Waals surface area (Å²) in [5.41, 5.74) is 6.58. The normalized spacial score (nSPS) is 12.6. The predicted molar refractivity (Wildman–Crippen MR) is 64.9 cm³/mol. The average molecular weight is 248 g/mol. The Morgan fingerprint density at radius 3 is 2.53 bits per heavy atom. The molecule has 1 aromatic carbocycles. The molecule has 0 radical (unpaired) electrons. The van der Waals surface area contributed by atoms with Crippen LogP contribution in [0.1, 0.15) is 12.5 Å². The Morgan fingerprint density at radius 1 is 1.33 bits per heavy atom. The minimum Gasteiger partial charge on any atom is -0.495 e. The number of hydrogen-bond acceptors (Lipinski definition) is 2. The summed E-state index contributed by atoms with van der Waals surface area (Å²) in [7, 11) is 1.57. The standard InChI is InChI=1S/C11H15Cl2NO/c1-7(6-14)5-8-3-4-9(15-2)11(13)10(8)12/h3-4,7H,5-6,14H2,1-2H3.